The van der Waals surface area contributed by atoms with Crippen molar-refractivity contribution in [1.29, 1.82) is 0 Å². The zero-order valence-corrected chi connectivity index (χ0v) is 19.3. The molecule has 0 bridgehead atoms. The summed E-state index contributed by atoms with van der Waals surface area (Å²) in [6.07, 6.45) is 4.98. The number of carboxylic acids is 1. The van der Waals surface area contributed by atoms with Crippen LogP contribution in [0.25, 0.3) is 0 Å². The van der Waals surface area contributed by atoms with Crippen molar-refractivity contribution in [2.45, 2.75) is 77.7 Å². The van der Waals surface area contributed by atoms with E-state index >= 15 is 0 Å². The molecule has 0 spiro atoms. The van der Waals surface area contributed by atoms with Crippen molar-refractivity contribution in [1.82, 2.24) is 9.97 Å². The van der Waals surface area contributed by atoms with Gasteiger partial charge in [-0.25, -0.2) is 9.98 Å². The van der Waals surface area contributed by atoms with Crippen LogP contribution in [0, 0.1) is 12.8 Å². The van der Waals surface area contributed by atoms with Crippen molar-refractivity contribution in [2.75, 3.05) is 5.73 Å². The number of hydrogen-bond acceptors (Lipinski definition) is 6. The third kappa shape index (κ3) is 4.33. The van der Waals surface area contributed by atoms with Gasteiger partial charge in [0.25, 0.3) is 0 Å². The number of fused-ring (bicyclic) bond motifs is 1. The highest BCUT2D eigenvalue weighted by molar-refractivity contribution is 6.09. The van der Waals surface area contributed by atoms with Crippen LogP contribution in [0.15, 0.2) is 23.2 Å². The van der Waals surface area contributed by atoms with Crippen LogP contribution in [-0.4, -0.2) is 32.4 Å². The predicted molar refractivity (Wildman–Crippen MR) is 125 cm³/mol. The van der Waals surface area contributed by atoms with E-state index in [1.54, 1.807) is 0 Å². The molecule has 3 N–H and O–H groups in total. The number of aliphatic carboxylic acids is 1. The fraction of sp³-hybridized carbons (Fsp3) is 0.520. The largest absolute Gasteiger partial charge is 0.481 e. The van der Waals surface area contributed by atoms with Gasteiger partial charge < -0.3 is 15.6 Å². The second kappa shape index (κ2) is 8.52. The number of hydrogen-bond donors (Lipinski definition) is 2. The molecule has 1 aromatic carbocycles. The van der Waals surface area contributed by atoms with E-state index in [4.69, 9.17) is 20.6 Å². The van der Waals surface area contributed by atoms with Crippen molar-refractivity contribution in [3.05, 3.63) is 40.7 Å². The third-order valence-electron chi connectivity index (χ3n) is 6.68. The molecule has 1 aliphatic heterocycles. The number of ether oxygens (including phenoxy) is 1. The number of benzene rings is 1. The van der Waals surface area contributed by atoms with Crippen LogP contribution in [0.1, 0.15) is 81.3 Å². The van der Waals surface area contributed by atoms with E-state index in [2.05, 4.69) is 35.1 Å². The maximum Gasteiger partial charge on any atom is 0.303 e. The van der Waals surface area contributed by atoms with Crippen molar-refractivity contribution >= 4 is 23.2 Å². The molecule has 2 aliphatic rings. The quantitative estimate of drug-likeness (QED) is 0.684. The molecule has 1 saturated carbocycles. The first-order chi connectivity index (χ1) is 15.2. The van der Waals surface area contributed by atoms with Gasteiger partial charge in [0.2, 0.25) is 5.88 Å². The summed E-state index contributed by atoms with van der Waals surface area (Å²) in [4.78, 5) is 24.7. The topological polar surface area (TPSA) is 111 Å². The number of nitrogen functional groups attached to an aromatic ring is 1. The molecule has 0 atom stereocenters. The highest BCUT2D eigenvalue weighted by Gasteiger charge is 2.36. The van der Waals surface area contributed by atoms with Gasteiger partial charge in [-0.1, -0.05) is 19.1 Å². The number of nitrogens with two attached hydrogens (primary N) is 1. The summed E-state index contributed by atoms with van der Waals surface area (Å²) in [5, 5.41) is 9.06. The lowest BCUT2D eigenvalue weighted by Gasteiger charge is -2.33. The summed E-state index contributed by atoms with van der Waals surface area (Å²) >= 11 is 0. The van der Waals surface area contributed by atoms with Gasteiger partial charge in [-0.2, -0.15) is 4.98 Å². The molecule has 1 aliphatic carbocycles. The van der Waals surface area contributed by atoms with Crippen LogP contribution in [0.4, 0.5) is 11.5 Å². The van der Waals surface area contributed by atoms with Crippen molar-refractivity contribution in [3.8, 4) is 5.88 Å². The van der Waals surface area contributed by atoms with Gasteiger partial charge in [-0.05, 0) is 75.5 Å². The molecule has 32 heavy (non-hydrogen) atoms. The van der Waals surface area contributed by atoms with Gasteiger partial charge in [-0.15, -0.1) is 0 Å². The molecule has 4 rings (SSSR count). The molecule has 170 valence electrons. The first-order valence-corrected chi connectivity index (χ1v) is 11.4. The third-order valence-corrected chi connectivity index (χ3v) is 6.68. The zero-order valence-electron chi connectivity index (χ0n) is 19.3. The molecule has 0 unspecified atom stereocenters. The fourth-order valence-corrected chi connectivity index (χ4v) is 4.99. The highest BCUT2D eigenvalue weighted by Crippen LogP contribution is 2.41. The minimum Gasteiger partial charge on any atom is -0.481 e. The molecule has 1 aromatic heterocycles. The van der Waals surface area contributed by atoms with E-state index in [9.17, 15) is 4.79 Å². The lowest BCUT2D eigenvalue weighted by atomic mass is 9.76. The Balaban J connectivity index is 1.61. The Morgan fingerprint density at radius 1 is 1.22 bits per heavy atom. The second-order valence-corrected chi connectivity index (χ2v) is 9.49. The van der Waals surface area contributed by atoms with Gasteiger partial charge in [0, 0.05) is 18.4 Å². The number of carboxylic acid groups (broad SMARTS) is 1. The average Bonchev–Trinajstić information content (AvgIpc) is 2.72. The Hall–Kier alpha value is -2.96. The van der Waals surface area contributed by atoms with Crippen LogP contribution in [0.5, 0.6) is 5.88 Å². The van der Waals surface area contributed by atoms with Crippen molar-refractivity contribution in [2.24, 2.45) is 10.9 Å². The van der Waals surface area contributed by atoms with E-state index in [-0.39, 0.29) is 6.42 Å². The van der Waals surface area contributed by atoms with Crippen molar-refractivity contribution < 1.29 is 14.6 Å². The molecule has 2 heterocycles. The van der Waals surface area contributed by atoms with E-state index < -0.39 is 11.6 Å². The van der Waals surface area contributed by atoms with E-state index in [1.807, 2.05) is 20.8 Å². The summed E-state index contributed by atoms with van der Waals surface area (Å²) in [5.41, 5.74) is 10.4. The Bertz CT molecular complexity index is 1070. The molecule has 0 saturated heterocycles. The van der Waals surface area contributed by atoms with E-state index in [1.165, 1.54) is 11.1 Å². The molecular formula is C25H32N4O3. The Labute approximate surface area is 189 Å². The predicted octanol–water partition coefficient (Wildman–Crippen LogP) is 4.97. The van der Waals surface area contributed by atoms with Gasteiger partial charge in [-0.3, -0.25) is 4.79 Å². The monoisotopic (exact) mass is 436 g/mol. The summed E-state index contributed by atoms with van der Waals surface area (Å²) in [6, 6.07) is 6.48. The zero-order chi connectivity index (χ0) is 23.0. The SMILES string of the molecule is CCc1nc(N)c2c(n1)OC(C)(C)C(c1ccc(C3CCC(CC(=O)O)CC3)c(C)c1)=N2. The fourth-order valence-electron chi connectivity index (χ4n) is 4.99. The van der Waals surface area contributed by atoms with Crippen LogP contribution < -0.4 is 10.5 Å². The second-order valence-electron chi connectivity index (χ2n) is 9.49. The molecule has 7 heteroatoms. The average molecular weight is 437 g/mol. The van der Waals surface area contributed by atoms with Crippen LogP contribution >= 0.6 is 0 Å². The number of aliphatic imine (C=N–C) groups is 1. The maximum absolute atomic E-state index is 11.0. The molecule has 0 amide bonds. The summed E-state index contributed by atoms with van der Waals surface area (Å²) in [7, 11) is 0. The summed E-state index contributed by atoms with van der Waals surface area (Å²) < 4.78 is 6.23. The number of rotatable bonds is 5. The molecular weight excluding hydrogens is 404 g/mol. The van der Waals surface area contributed by atoms with Crippen LogP contribution in [0.2, 0.25) is 0 Å². The Kier molecular flexibility index (Phi) is 5.93. The number of aryl methyl sites for hydroxylation is 2. The number of aromatic nitrogens is 2. The molecule has 0 radical (unpaired) electrons. The van der Waals surface area contributed by atoms with E-state index in [0.717, 1.165) is 37.0 Å². The summed E-state index contributed by atoms with van der Waals surface area (Å²) in [6.45, 7) is 8.10. The minimum atomic E-state index is -0.689. The molecule has 2 aromatic rings. The molecule has 1 fully saturated rings. The lowest BCUT2D eigenvalue weighted by Crippen LogP contribution is -2.41. The van der Waals surface area contributed by atoms with Gasteiger partial charge in [0.1, 0.15) is 11.4 Å². The Morgan fingerprint density at radius 2 is 1.94 bits per heavy atom. The van der Waals surface area contributed by atoms with Crippen LogP contribution in [-0.2, 0) is 11.2 Å². The number of carbonyl (C=O) groups is 1. The van der Waals surface area contributed by atoms with Gasteiger partial charge in [0.15, 0.2) is 11.5 Å². The smallest absolute Gasteiger partial charge is 0.303 e. The lowest BCUT2D eigenvalue weighted by molar-refractivity contribution is -0.138. The van der Waals surface area contributed by atoms with Gasteiger partial charge >= 0.3 is 5.97 Å². The summed E-state index contributed by atoms with van der Waals surface area (Å²) in [5.74, 6) is 1.52. The molecule has 7 nitrogen and oxygen atoms in total. The normalized spacial score (nSPS) is 21.9. The number of nitrogens with zero attached hydrogens (tertiary/aromatic N) is 3. The van der Waals surface area contributed by atoms with E-state index in [0.29, 0.717) is 41.5 Å². The van der Waals surface area contributed by atoms with Crippen LogP contribution in [0.3, 0.4) is 0 Å². The highest BCUT2D eigenvalue weighted by atomic mass is 16.5. The first-order valence-electron chi connectivity index (χ1n) is 11.4. The van der Waals surface area contributed by atoms with Gasteiger partial charge in [0.05, 0.1) is 5.71 Å². The standard InChI is InChI=1S/C25H32N4O3/c1-5-19-27-23(26)21-24(28-19)32-25(3,4)22(29-21)17-10-11-18(14(2)12-17)16-8-6-15(7-9-16)13-20(30)31/h10-12,15-16H,5-9,13H2,1-4H3,(H,30,31)(H2,26,27,28). The first kappa shape index (κ1) is 22.2. The minimum absolute atomic E-state index is 0.285. The Morgan fingerprint density at radius 3 is 2.56 bits per heavy atom. The number of anilines is 1. The maximum atomic E-state index is 11.0. The van der Waals surface area contributed by atoms with Crippen molar-refractivity contribution in [3.63, 3.8) is 0 Å².